The van der Waals surface area contributed by atoms with Gasteiger partial charge in [-0.15, -0.1) is 0 Å². The summed E-state index contributed by atoms with van der Waals surface area (Å²) in [5.41, 5.74) is 14.2. The molecule has 0 heterocycles. The van der Waals surface area contributed by atoms with Gasteiger partial charge in [-0.05, 0) is 0 Å². The Kier molecular flexibility index (Phi) is 61.7. The van der Waals surface area contributed by atoms with Crippen LogP contribution in [0.5, 0.6) is 0 Å². The molecule has 0 saturated heterocycles. The minimum atomic E-state index is 0. The third kappa shape index (κ3) is 52.6. The Morgan fingerprint density at radius 3 is 0.475 bits per heavy atom. The summed E-state index contributed by atoms with van der Waals surface area (Å²) in [6.07, 6.45) is 45.0. The molecule has 2 nitrogen and oxygen atoms in total. The molecule has 4 heteroatoms. The quantitative estimate of drug-likeness (QED) is 0.0563. The monoisotopic (exact) mass is 583 g/mol. The summed E-state index contributed by atoms with van der Waals surface area (Å²) < 4.78 is 0. The molecule has 0 aromatic heterocycles. The summed E-state index contributed by atoms with van der Waals surface area (Å²) in [5.74, 6) is 0. The zero-order valence-corrected chi connectivity index (χ0v) is 33.0. The van der Waals surface area contributed by atoms with E-state index in [1.165, 1.54) is 193 Å². The molecule has 2 N–H and O–H groups in total. The Labute approximate surface area is 300 Å². The van der Waals surface area contributed by atoms with Crippen molar-refractivity contribution >= 4 is 0 Å². The molecule has 0 amide bonds. The first-order valence-corrected chi connectivity index (χ1v) is 18.1. The molecule has 0 aliphatic carbocycles. The van der Waals surface area contributed by atoms with Crippen LogP contribution in [-0.2, 0) is 0 Å². The second-order valence-corrected chi connectivity index (χ2v) is 12.1. The van der Waals surface area contributed by atoms with E-state index in [0.717, 1.165) is 12.8 Å². The fraction of sp³-hybridized carbons (Fsp3) is 1.00. The van der Waals surface area contributed by atoms with Crippen LogP contribution in [0, 0.1) is 0 Å². The van der Waals surface area contributed by atoms with E-state index in [4.69, 9.17) is 11.5 Å². The van der Waals surface area contributed by atoms with Crippen molar-refractivity contribution in [2.45, 2.75) is 219 Å². The molecule has 0 bridgehead atoms. The van der Waals surface area contributed by atoms with E-state index in [9.17, 15) is 0 Å². The molecule has 0 radical (unpaired) electrons. The third-order valence-corrected chi connectivity index (χ3v) is 8.06. The topological polar surface area (TPSA) is 47.6 Å². The summed E-state index contributed by atoms with van der Waals surface area (Å²) in [6.45, 7) is 5.82. The van der Waals surface area contributed by atoms with Crippen molar-refractivity contribution in [1.82, 2.24) is 0 Å². The molecule has 0 aliphatic rings. The predicted molar refractivity (Wildman–Crippen MR) is 177 cm³/mol. The normalized spacial score (nSPS) is 10.5. The molecular weight excluding hydrogens is 506 g/mol. The molecule has 232 valence electrons. The number of hydrogen-bond acceptors (Lipinski definition) is 0. The summed E-state index contributed by atoms with van der Waals surface area (Å²) in [7, 11) is 0. The van der Waals surface area contributed by atoms with Crippen LogP contribution in [0.15, 0.2) is 0 Å². The largest absolute Gasteiger partial charge is 1.00 e. The number of nitrogens with one attached hydrogen (secondary N) is 2. The van der Waals surface area contributed by atoms with E-state index in [2.05, 4.69) is 13.8 Å². The zero-order valence-electron chi connectivity index (χ0n) is 29.0. The van der Waals surface area contributed by atoms with E-state index in [-0.39, 0.29) is 59.1 Å². The van der Waals surface area contributed by atoms with Gasteiger partial charge in [0, 0.05) is 0 Å². The SMILES string of the molecule is CCCCCCCCCCCCCCCCCC[NH-].CCCCCCCCCCCCCCCCCC[NH-].[Na+].[Na+]. The van der Waals surface area contributed by atoms with Gasteiger partial charge in [-0.25, -0.2) is 0 Å². The van der Waals surface area contributed by atoms with Gasteiger partial charge < -0.3 is 11.5 Å². The van der Waals surface area contributed by atoms with Gasteiger partial charge >= 0.3 is 59.1 Å². The second kappa shape index (κ2) is 50.5. The minimum absolute atomic E-state index is 0. The third-order valence-electron chi connectivity index (χ3n) is 8.06. The fourth-order valence-electron chi connectivity index (χ4n) is 5.35. The van der Waals surface area contributed by atoms with Crippen LogP contribution >= 0.6 is 0 Å². The number of unbranched alkanes of at least 4 members (excludes halogenated alkanes) is 30. The average molecular weight is 583 g/mol. The maximum absolute atomic E-state index is 7.08. The molecule has 0 atom stereocenters. The van der Waals surface area contributed by atoms with E-state index >= 15 is 0 Å². The summed E-state index contributed by atoms with van der Waals surface area (Å²) in [5, 5.41) is 0. The molecule has 0 saturated carbocycles. The molecule has 0 spiro atoms. The predicted octanol–water partition coefficient (Wildman–Crippen LogP) is 8.61. The van der Waals surface area contributed by atoms with Crippen molar-refractivity contribution in [2.24, 2.45) is 0 Å². The zero-order chi connectivity index (χ0) is 28.0. The number of hydrogen-bond donors (Lipinski definition) is 0. The van der Waals surface area contributed by atoms with Gasteiger partial charge in [-0.3, -0.25) is 0 Å². The van der Waals surface area contributed by atoms with E-state index in [0.29, 0.717) is 13.1 Å². The van der Waals surface area contributed by atoms with Crippen molar-refractivity contribution in [3.8, 4) is 0 Å². The summed E-state index contributed by atoms with van der Waals surface area (Å²) in [4.78, 5) is 0. The second-order valence-electron chi connectivity index (χ2n) is 12.1. The smallest absolute Gasteiger partial charge is 0.677 e. The first-order valence-electron chi connectivity index (χ1n) is 18.1. The molecule has 0 aromatic carbocycles. The van der Waals surface area contributed by atoms with E-state index < -0.39 is 0 Å². The summed E-state index contributed by atoms with van der Waals surface area (Å²) >= 11 is 0. The fourth-order valence-corrected chi connectivity index (χ4v) is 5.35. The summed E-state index contributed by atoms with van der Waals surface area (Å²) in [6, 6.07) is 0. The van der Waals surface area contributed by atoms with Crippen molar-refractivity contribution in [2.75, 3.05) is 13.1 Å². The van der Waals surface area contributed by atoms with Crippen molar-refractivity contribution in [3.63, 3.8) is 0 Å². The van der Waals surface area contributed by atoms with Crippen LogP contribution in [0.25, 0.3) is 11.5 Å². The molecular formula is C36H76N2Na2. The maximum atomic E-state index is 7.08. The van der Waals surface area contributed by atoms with Crippen LogP contribution in [0.3, 0.4) is 0 Å². The van der Waals surface area contributed by atoms with Gasteiger partial charge in [-0.1, -0.05) is 219 Å². The first kappa shape index (κ1) is 48.8. The van der Waals surface area contributed by atoms with Gasteiger partial charge in [0.2, 0.25) is 0 Å². The Bertz CT molecular complexity index is 303. The molecule has 0 rings (SSSR count). The van der Waals surface area contributed by atoms with Gasteiger partial charge in [0.25, 0.3) is 0 Å². The molecule has 0 aromatic rings. The van der Waals surface area contributed by atoms with Crippen LogP contribution in [0.2, 0.25) is 0 Å². The minimum Gasteiger partial charge on any atom is -0.677 e. The van der Waals surface area contributed by atoms with Gasteiger partial charge in [0.05, 0.1) is 0 Å². The first-order chi connectivity index (χ1) is 18.8. The molecule has 40 heavy (non-hydrogen) atoms. The molecule has 0 aliphatic heterocycles. The Morgan fingerprint density at radius 2 is 0.350 bits per heavy atom. The maximum Gasteiger partial charge on any atom is 1.00 e. The van der Waals surface area contributed by atoms with Crippen molar-refractivity contribution < 1.29 is 59.1 Å². The average Bonchev–Trinajstić information content (AvgIpc) is 2.93. The Morgan fingerprint density at radius 1 is 0.225 bits per heavy atom. The van der Waals surface area contributed by atoms with Crippen LogP contribution in [-0.4, -0.2) is 13.1 Å². The van der Waals surface area contributed by atoms with Gasteiger partial charge in [-0.2, -0.15) is 13.1 Å². The Hall–Kier alpha value is 1.92. The van der Waals surface area contributed by atoms with Crippen molar-refractivity contribution in [3.05, 3.63) is 11.5 Å². The van der Waals surface area contributed by atoms with E-state index in [1.807, 2.05) is 0 Å². The van der Waals surface area contributed by atoms with Gasteiger partial charge in [0.1, 0.15) is 0 Å². The van der Waals surface area contributed by atoms with Crippen LogP contribution < -0.4 is 59.1 Å². The van der Waals surface area contributed by atoms with Crippen molar-refractivity contribution in [1.29, 1.82) is 0 Å². The molecule has 0 fully saturated rings. The van der Waals surface area contributed by atoms with Crippen LogP contribution in [0.4, 0.5) is 0 Å². The molecule has 0 unspecified atom stereocenters. The van der Waals surface area contributed by atoms with Gasteiger partial charge in [0.15, 0.2) is 0 Å². The van der Waals surface area contributed by atoms with Crippen LogP contribution in [0.1, 0.15) is 219 Å². The van der Waals surface area contributed by atoms with E-state index in [1.54, 1.807) is 0 Å². The number of rotatable bonds is 32. The Balaban J connectivity index is -0.000000309. The standard InChI is InChI=1S/2C18H38N.2Na/c2*1-2-3-4-5-6-7-8-9-10-11-12-13-14-15-16-17-18-19;;/h2*19H,2-18H2,1H3;;/q2*-1;2*+1.